The molecular weight excluding hydrogens is 200 g/mol. The molecule has 3 nitrogen and oxygen atoms in total. The van der Waals surface area contributed by atoms with Crippen LogP contribution in [-0.2, 0) is 0 Å². The summed E-state index contributed by atoms with van der Waals surface area (Å²) < 4.78 is 5.55. The SMILES string of the molecule is CCCN1CCCCC(N)C1c1ccco1. The van der Waals surface area contributed by atoms with E-state index in [9.17, 15) is 0 Å². The number of likely N-dealkylation sites (tertiary alicyclic amines) is 1. The standard InChI is InChI=1S/C13H22N2O/c1-2-8-15-9-4-3-6-11(14)13(15)12-7-5-10-16-12/h5,7,10-11,13H,2-4,6,8-9,14H2,1H3. The van der Waals surface area contributed by atoms with E-state index in [0.717, 1.165) is 25.3 Å². The number of nitrogens with zero attached hydrogens (tertiary/aromatic N) is 1. The Labute approximate surface area is 97.6 Å². The van der Waals surface area contributed by atoms with Crippen LogP contribution in [0.15, 0.2) is 22.8 Å². The van der Waals surface area contributed by atoms with Crippen molar-refractivity contribution in [2.45, 2.75) is 44.7 Å². The molecule has 0 radical (unpaired) electrons. The third-order valence-corrected chi connectivity index (χ3v) is 3.38. The highest BCUT2D eigenvalue weighted by Crippen LogP contribution is 2.29. The third kappa shape index (κ3) is 2.47. The Balaban J connectivity index is 2.19. The molecule has 1 aliphatic rings. The van der Waals surface area contributed by atoms with Gasteiger partial charge < -0.3 is 10.2 Å². The lowest BCUT2D eigenvalue weighted by Crippen LogP contribution is -2.39. The van der Waals surface area contributed by atoms with Crippen LogP contribution in [0.1, 0.15) is 44.4 Å². The van der Waals surface area contributed by atoms with Crippen molar-refractivity contribution in [1.29, 1.82) is 0 Å². The maximum Gasteiger partial charge on any atom is 0.122 e. The second-order valence-corrected chi connectivity index (χ2v) is 4.66. The molecule has 16 heavy (non-hydrogen) atoms. The minimum absolute atomic E-state index is 0.209. The zero-order chi connectivity index (χ0) is 11.4. The first-order valence-electron chi connectivity index (χ1n) is 6.36. The average molecular weight is 222 g/mol. The molecule has 3 heteroatoms. The van der Waals surface area contributed by atoms with E-state index in [2.05, 4.69) is 17.9 Å². The summed E-state index contributed by atoms with van der Waals surface area (Å²) in [6.07, 6.45) is 6.51. The zero-order valence-electron chi connectivity index (χ0n) is 10.1. The van der Waals surface area contributed by atoms with Gasteiger partial charge in [0.25, 0.3) is 0 Å². The zero-order valence-corrected chi connectivity index (χ0v) is 10.1. The van der Waals surface area contributed by atoms with E-state index < -0.39 is 0 Å². The molecule has 2 heterocycles. The van der Waals surface area contributed by atoms with Crippen molar-refractivity contribution in [3.8, 4) is 0 Å². The molecule has 1 saturated heterocycles. The van der Waals surface area contributed by atoms with Gasteiger partial charge in [0, 0.05) is 6.04 Å². The van der Waals surface area contributed by atoms with Gasteiger partial charge in [-0.3, -0.25) is 4.90 Å². The number of hydrogen-bond donors (Lipinski definition) is 1. The van der Waals surface area contributed by atoms with E-state index in [-0.39, 0.29) is 12.1 Å². The molecule has 0 spiro atoms. The molecule has 1 aromatic heterocycles. The molecule has 2 N–H and O–H groups in total. The van der Waals surface area contributed by atoms with Gasteiger partial charge in [-0.15, -0.1) is 0 Å². The first kappa shape index (κ1) is 11.7. The molecule has 0 aromatic carbocycles. The predicted octanol–water partition coefficient (Wildman–Crippen LogP) is 2.54. The molecule has 0 aliphatic carbocycles. The van der Waals surface area contributed by atoms with E-state index >= 15 is 0 Å². The van der Waals surface area contributed by atoms with Crippen molar-refractivity contribution < 1.29 is 4.42 Å². The Morgan fingerprint density at radius 1 is 1.50 bits per heavy atom. The minimum atomic E-state index is 0.209. The lowest BCUT2D eigenvalue weighted by atomic mass is 10.0. The fourth-order valence-electron chi connectivity index (χ4n) is 2.65. The lowest BCUT2D eigenvalue weighted by Gasteiger charge is -2.31. The highest BCUT2D eigenvalue weighted by molar-refractivity contribution is 5.08. The summed E-state index contributed by atoms with van der Waals surface area (Å²) >= 11 is 0. The smallest absolute Gasteiger partial charge is 0.122 e. The molecule has 0 amide bonds. The third-order valence-electron chi connectivity index (χ3n) is 3.38. The van der Waals surface area contributed by atoms with E-state index in [1.807, 2.05) is 6.07 Å². The normalized spacial score (nSPS) is 27.9. The maximum absolute atomic E-state index is 6.29. The monoisotopic (exact) mass is 222 g/mol. The molecule has 90 valence electrons. The van der Waals surface area contributed by atoms with Crippen LogP contribution in [0.2, 0.25) is 0 Å². The van der Waals surface area contributed by atoms with Crippen molar-refractivity contribution in [2.75, 3.05) is 13.1 Å². The van der Waals surface area contributed by atoms with Crippen molar-refractivity contribution in [3.05, 3.63) is 24.2 Å². The van der Waals surface area contributed by atoms with Crippen LogP contribution in [0.4, 0.5) is 0 Å². The molecule has 1 aromatic rings. The van der Waals surface area contributed by atoms with Crippen molar-refractivity contribution in [1.82, 2.24) is 4.90 Å². The van der Waals surface area contributed by atoms with Gasteiger partial charge in [0.05, 0.1) is 12.3 Å². The molecule has 1 aliphatic heterocycles. The maximum atomic E-state index is 6.29. The first-order chi connectivity index (χ1) is 7.83. The van der Waals surface area contributed by atoms with E-state index in [1.165, 1.54) is 19.3 Å². The number of nitrogens with two attached hydrogens (primary N) is 1. The summed E-state index contributed by atoms with van der Waals surface area (Å²) in [6.45, 7) is 4.47. The quantitative estimate of drug-likeness (QED) is 0.854. The molecule has 0 saturated carbocycles. The average Bonchev–Trinajstić information content (AvgIpc) is 2.72. The molecule has 1 fully saturated rings. The Hall–Kier alpha value is -0.800. The summed E-state index contributed by atoms with van der Waals surface area (Å²) in [7, 11) is 0. The second-order valence-electron chi connectivity index (χ2n) is 4.66. The van der Waals surface area contributed by atoms with Crippen LogP contribution < -0.4 is 5.73 Å². The van der Waals surface area contributed by atoms with Crippen LogP contribution in [-0.4, -0.2) is 24.0 Å². The largest absolute Gasteiger partial charge is 0.468 e. The van der Waals surface area contributed by atoms with Crippen molar-refractivity contribution in [2.24, 2.45) is 5.73 Å². The fraction of sp³-hybridized carbons (Fsp3) is 0.692. The van der Waals surface area contributed by atoms with Crippen molar-refractivity contribution >= 4 is 0 Å². The predicted molar refractivity (Wildman–Crippen MR) is 65.1 cm³/mol. The van der Waals surface area contributed by atoms with E-state index in [1.54, 1.807) is 6.26 Å². The van der Waals surface area contributed by atoms with Crippen LogP contribution in [0, 0.1) is 0 Å². The molecule has 0 bridgehead atoms. The number of rotatable bonds is 3. The van der Waals surface area contributed by atoms with Gasteiger partial charge in [0.2, 0.25) is 0 Å². The molecule has 2 rings (SSSR count). The van der Waals surface area contributed by atoms with E-state index in [4.69, 9.17) is 10.2 Å². The number of hydrogen-bond acceptors (Lipinski definition) is 3. The second kappa shape index (κ2) is 5.51. The summed E-state index contributed by atoms with van der Waals surface area (Å²) in [5.41, 5.74) is 6.29. The molecule has 2 unspecified atom stereocenters. The fourth-order valence-corrected chi connectivity index (χ4v) is 2.65. The van der Waals surface area contributed by atoms with Crippen LogP contribution in [0.25, 0.3) is 0 Å². The molecule has 2 atom stereocenters. The first-order valence-corrected chi connectivity index (χ1v) is 6.36. The van der Waals surface area contributed by atoms with Gasteiger partial charge in [-0.05, 0) is 44.5 Å². The Bertz CT molecular complexity index is 297. The summed E-state index contributed by atoms with van der Waals surface area (Å²) in [5.74, 6) is 1.03. The summed E-state index contributed by atoms with van der Waals surface area (Å²) in [4.78, 5) is 2.48. The van der Waals surface area contributed by atoms with Gasteiger partial charge in [0.1, 0.15) is 5.76 Å². The topological polar surface area (TPSA) is 42.4 Å². The van der Waals surface area contributed by atoms with Crippen LogP contribution in [0.3, 0.4) is 0 Å². The highest BCUT2D eigenvalue weighted by atomic mass is 16.3. The Morgan fingerprint density at radius 2 is 2.38 bits per heavy atom. The Morgan fingerprint density at radius 3 is 3.06 bits per heavy atom. The van der Waals surface area contributed by atoms with Crippen molar-refractivity contribution in [3.63, 3.8) is 0 Å². The van der Waals surface area contributed by atoms with Crippen LogP contribution >= 0.6 is 0 Å². The summed E-state index contributed by atoms with van der Waals surface area (Å²) in [6, 6.07) is 4.49. The van der Waals surface area contributed by atoms with Gasteiger partial charge in [-0.25, -0.2) is 0 Å². The number of furan rings is 1. The molecular formula is C13H22N2O. The van der Waals surface area contributed by atoms with Crippen LogP contribution in [0.5, 0.6) is 0 Å². The minimum Gasteiger partial charge on any atom is -0.468 e. The van der Waals surface area contributed by atoms with Gasteiger partial charge in [0.15, 0.2) is 0 Å². The van der Waals surface area contributed by atoms with E-state index in [0.29, 0.717) is 0 Å². The van der Waals surface area contributed by atoms with Gasteiger partial charge in [-0.1, -0.05) is 13.3 Å². The lowest BCUT2D eigenvalue weighted by molar-refractivity contribution is 0.163. The van der Waals surface area contributed by atoms with Gasteiger partial charge >= 0.3 is 0 Å². The summed E-state index contributed by atoms with van der Waals surface area (Å²) in [5, 5.41) is 0. The Kier molecular flexibility index (Phi) is 4.02. The van der Waals surface area contributed by atoms with Gasteiger partial charge in [-0.2, -0.15) is 0 Å². The highest BCUT2D eigenvalue weighted by Gasteiger charge is 2.29.